The van der Waals surface area contributed by atoms with Gasteiger partial charge in [0.15, 0.2) is 0 Å². The monoisotopic (exact) mass is 500 g/mol. The molecule has 2 heteroatoms. The Bertz CT molecular complexity index is 1600. The third kappa shape index (κ3) is 4.60. The van der Waals surface area contributed by atoms with Crippen molar-refractivity contribution >= 4 is 52.2 Å². The van der Waals surface area contributed by atoms with Crippen molar-refractivity contribution in [3.8, 4) is 22.3 Å². The van der Waals surface area contributed by atoms with E-state index in [-0.39, 0.29) is 0 Å². The first-order chi connectivity index (χ1) is 17.8. The Hall–Kier alpha value is -3.30. The van der Waals surface area contributed by atoms with Crippen LogP contribution < -0.4 is 0 Å². The van der Waals surface area contributed by atoms with E-state index in [9.17, 15) is 0 Å². The lowest BCUT2D eigenvalue weighted by atomic mass is 9.98. The number of hydrogen-bond donors (Lipinski definition) is 0. The molecule has 0 aliphatic carbocycles. The molecule has 2 heterocycles. The number of fused-ring (bicyclic) bond motifs is 5. The van der Waals surface area contributed by atoms with Gasteiger partial charge in [0.05, 0.1) is 14.8 Å². The van der Waals surface area contributed by atoms with Crippen molar-refractivity contribution in [1.82, 2.24) is 0 Å². The first-order valence-corrected chi connectivity index (χ1v) is 14.6. The van der Waals surface area contributed by atoms with Crippen molar-refractivity contribution in [3.05, 3.63) is 96.6 Å². The molecule has 0 nitrogen and oxygen atoms in total. The van der Waals surface area contributed by atoms with Crippen LogP contribution in [-0.2, 0) is 6.42 Å². The van der Waals surface area contributed by atoms with Crippen LogP contribution in [0, 0.1) is 24.3 Å². The van der Waals surface area contributed by atoms with Crippen LogP contribution in [0.5, 0.6) is 0 Å². The molecule has 0 aliphatic rings. The van der Waals surface area contributed by atoms with E-state index in [1.807, 2.05) is 34.8 Å². The zero-order valence-corrected chi connectivity index (χ0v) is 22.3. The number of thiophene rings is 2. The van der Waals surface area contributed by atoms with E-state index >= 15 is 0 Å². The minimum absolute atomic E-state index is 1.10. The third-order valence-electron chi connectivity index (χ3n) is 7.02. The predicted octanol–water partition coefficient (Wildman–Crippen LogP) is 10.7. The van der Waals surface area contributed by atoms with E-state index < -0.39 is 0 Å². The fourth-order valence-corrected chi connectivity index (χ4v) is 7.52. The maximum atomic E-state index is 3.46. The lowest BCUT2D eigenvalue weighted by Gasteiger charge is -2.06. The molecule has 0 N–H and O–H groups in total. The summed E-state index contributed by atoms with van der Waals surface area (Å²) in [7, 11) is 0. The predicted molar refractivity (Wildman–Crippen MR) is 158 cm³/mol. The van der Waals surface area contributed by atoms with Crippen LogP contribution in [0.25, 0.3) is 51.8 Å². The Kier molecular flexibility index (Phi) is 6.65. The summed E-state index contributed by atoms with van der Waals surface area (Å²) in [4.78, 5) is 0. The molecule has 0 spiro atoms. The highest BCUT2D eigenvalue weighted by molar-refractivity contribution is 7.36. The number of unbranched alkanes of at least 4 members (excludes halogenated alkanes) is 5. The van der Waals surface area contributed by atoms with Gasteiger partial charge in [0.25, 0.3) is 0 Å². The molecule has 0 fully saturated rings. The number of rotatable bonds is 9. The largest absolute Gasteiger partial charge is 0.133 e. The van der Waals surface area contributed by atoms with Gasteiger partial charge in [-0.05, 0) is 47.2 Å². The van der Waals surface area contributed by atoms with Gasteiger partial charge in [0, 0.05) is 26.4 Å². The average molecular weight is 501 g/mol. The zero-order chi connectivity index (χ0) is 24.3. The Labute approximate surface area is 222 Å². The molecule has 36 heavy (non-hydrogen) atoms. The summed E-state index contributed by atoms with van der Waals surface area (Å²) in [6.07, 6.45) is 9.28. The van der Waals surface area contributed by atoms with Gasteiger partial charge in [-0.3, -0.25) is 0 Å². The highest BCUT2D eigenvalue weighted by Gasteiger charge is 2.12. The van der Waals surface area contributed by atoms with Crippen molar-refractivity contribution in [2.75, 3.05) is 0 Å². The summed E-state index contributed by atoms with van der Waals surface area (Å²) in [5, 5.41) is 2.45. The molecule has 2 aromatic heterocycles. The standard InChI is InChI=1S/C34H28S2/c1-2-3-4-5-6-7-10-24-13-15-25(16-14-24)26-17-19-27(20-18-26)28-21-22-30-32(23-28)36-33-29-11-8-9-12-31(29)35-34(30)33/h11-20,23H,2-7,10H2,1H3. The summed E-state index contributed by atoms with van der Waals surface area (Å²) in [5.41, 5.74) is 6.26. The topological polar surface area (TPSA) is 0 Å². The van der Waals surface area contributed by atoms with E-state index in [0.717, 1.165) is 5.56 Å². The van der Waals surface area contributed by atoms with E-state index in [0.29, 0.717) is 0 Å². The Morgan fingerprint density at radius 2 is 1.31 bits per heavy atom. The molecule has 0 unspecified atom stereocenters. The van der Waals surface area contributed by atoms with Crippen LogP contribution >= 0.6 is 22.7 Å². The van der Waals surface area contributed by atoms with Gasteiger partial charge in [-0.25, -0.2) is 0 Å². The summed E-state index contributed by atoms with van der Waals surface area (Å²) in [6.45, 7) is 2.28. The van der Waals surface area contributed by atoms with Gasteiger partial charge in [0.2, 0.25) is 0 Å². The molecule has 0 saturated heterocycles. The molecule has 0 radical (unpaired) electrons. The fourth-order valence-electron chi connectivity index (χ4n) is 4.94. The summed E-state index contributed by atoms with van der Waals surface area (Å²) in [5.74, 6) is 0. The lowest BCUT2D eigenvalue weighted by molar-refractivity contribution is 0.607. The smallest absolute Gasteiger partial charge is 0.0627 e. The van der Waals surface area contributed by atoms with Crippen LogP contribution in [0.15, 0.2) is 66.7 Å². The van der Waals surface area contributed by atoms with E-state index in [2.05, 4.69) is 85.8 Å². The molecule has 0 amide bonds. The maximum absolute atomic E-state index is 3.46. The maximum Gasteiger partial charge on any atom is 0.0627 e. The van der Waals surface area contributed by atoms with Gasteiger partial charge in [-0.2, -0.15) is 0 Å². The molecule has 6 aromatic rings. The number of aryl methyl sites for hydroxylation is 1. The van der Waals surface area contributed by atoms with Crippen LogP contribution in [0.2, 0.25) is 0 Å². The lowest BCUT2D eigenvalue weighted by Crippen LogP contribution is -1.87. The van der Waals surface area contributed by atoms with E-state index in [4.69, 9.17) is 0 Å². The van der Waals surface area contributed by atoms with Crippen molar-refractivity contribution < 1.29 is 0 Å². The molecule has 0 saturated carbocycles. The van der Waals surface area contributed by atoms with Crippen LogP contribution in [0.4, 0.5) is 0 Å². The van der Waals surface area contributed by atoms with Crippen LogP contribution in [0.3, 0.4) is 0 Å². The molecule has 6 rings (SSSR count). The number of benzene rings is 2. The first kappa shape index (κ1) is 23.1. The minimum Gasteiger partial charge on any atom is -0.133 e. The van der Waals surface area contributed by atoms with E-state index in [1.54, 1.807) is 0 Å². The quantitative estimate of drug-likeness (QED) is 0.173. The SMILES string of the molecule is CCCCCCCCc1ccc(-c2ccc(-c3c#cc4c(c3)sc3c5cc#ccc5sc43)cc2)cc1. The molecule has 176 valence electrons. The van der Waals surface area contributed by atoms with Gasteiger partial charge >= 0.3 is 0 Å². The molecule has 4 aromatic carbocycles. The molecule has 0 bridgehead atoms. The number of hydrogen-bond acceptors (Lipinski definition) is 2. The summed E-state index contributed by atoms with van der Waals surface area (Å²) in [6, 6.07) is 37.4. The van der Waals surface area contributed by atoms with Crippen LogP contribution in [-0.4, -0.2) is 0 Å². The molecular weight excluding hydrogens is 473 g/mol. The molecule has 0 aliphatic heterocycles. The minimum atomic E-state index is 1.10. The van der Waals surface area contributed by atoms with Crippen molar-refractivity contribution in [2.45, 2.75) is 51.9 Å². The van der Waals surface area contributed by atoms with Gasteiger partial charge in [-0.15, -0.1) is 22.7 Å². The highest BCUT2D eigenvalue weighted by atomic mass is 32.1. The van der Waals surface area contributed by atoms with Gasteiger partial charge in [0.1, 0.15) is 0 Å². The van der Waals surface area contributed by atoms with Crippen molar-refractivity contribution in [1.29, 1.82) is 0 Å². The van der Waals surface area contributed by atoms with Crippen molar-refractivity contribution in [3.63, 3.8) is 0 Å². The second-order valence-corrected chi connectivity index (χ2v) is 11.7. The zero-order valence-electron chi connectivity index (χ0n) is 20.6. The molecule has 0 atom stereocenters. The second-order valence-electron chi connectivity index (χ2n) is 9.56. The average Bonchev–Trinajstić information content (AvgIpc) is 3.47. The Morgan fingerprint density at radius 3 is 2.11 bits per heavy atom. The first-order valence-electron chi connectivity index (χ1n) is 13.0. The third-order valence-corrected chi connectivity index (χ3v) is 9.49. The highest BCUT2D eigenvalue weighted by Crippen LogP contribution is 2.43. The Morgan fingerprint density at radius 1 is 0.639 bits per heavy atom. The normalized spacial score (nSPS) is 11.2. The van der Waals surface area contributed by atoms with Gasteiger partial charge < -0.3 is 0 Å². The summed E-state index contributed by atoms with van der Waals surface area (Å²) >= 11 is 3.66. The van der Waals surface area contributed by atoms with E-state index in [1.165, 1.54) is 96.8 Å². The second kappa shape index (κ2) is 10.4. The van der Waals surface area contributed by atoms with Crippen LogP contribution in [0.1, 0.15) is 51.0 Å². The molecular formula is C34H28S2. The van der Waals surface area contributed by atoms with Crippen molar-refractivity contribution in [2.24, 2.45) is 0 Å². The summed E-state index contributed by atoms with van der Waals surface area (Å²) < 4.78 is 5.16. The Balaban J connectivity index is 1.16. The fraction of sp³-hybridized carbons (Fsp3) is 0.235. The van der Waals surface area contributed by atoms with Gasteiger partial charge in [-0.1, -0.05) is 112 Å².